The molecule has 1 aliphatic rings. The summed E-state index contributed by atoms with van der Waals surface area (Å²) in [4.78, 5) is 11.1. The van der Waals surface area contributed by atoms with Gasteiger partial charge in [-0.3, -0.25) is 4.79 Å². The summed E-state index contributed by atoms with van der Waals surface area (Å²) in [5.74, 6) is -1.24. The van der Waals surface area contributed by atoms with Crippen LogP contribution in [0.4, 0.5) is 0 Å². The molecule has 2 atom stereocenters. The van der Waals surface area contributed by atoms with E-state index in [4.69, 9.17) is 5.11 Å². The third kappa shape index (κ3) is 2.14. The summed E-state index contributed by atoms with van der Waals surface area (Å²) in [6, 6.07) is 0.198. The Morgan fingerprint density at radius 1 is 1.50 bits per heavy atom. The number of carboxylic acid groups (broad SMARTS) is 1. The standard InChI is InChI=1S/C10H14N2O5S/c1-11-3-2-8(6-11)18(16,17)12-5-7(13)4-9(12)10(14)15/h2-3,6-7,9,13H,4-5H2,1H3,(H,14,15). The molecule has 2 heterocycles. The highest BCUT2D eigenvalue weighted by Gasteiger charge is 2.43. The number of aliphatic carboxylic acids is 1. The van der Waals surface area contributed by atoms with Gasteiger partial charge in [0.1, 0.15) is 6.04 Å². The van der Waals surface area contributed by atoms with Gasteiger partial charge >= 0.3 is 5.97 Å². The number of carboxylic acids is 1. The van der Waals surface area contributed by atoms with Crippen LogP contribution in [0.3, 0.4) is 0 Å². The maximum absolute atomic E-state index is 12.2. The molecule has 1 aliphatic heterocycles. The van der Waals surface area contributed by atoms with Crippen LogP contribution in [0.25, 0.3) is 0 Å². The molecule has 2 rings (SSSR count). The second kappa shape index (κ2) is 4.38. The molecule has 1 aromatic rings. The molecule has 2 unspecified atom stereocenters. The fourth-order valence-corrected chi connectivity index (χ4v) is 3.72. The fraction of sp³-hybridized carbons (Fsp3) is 0.500. The van der Waals surface area contributed by atoms with Crippen LogP contribution in [-0.4, -0.2) is 52.2 Å². The van der Waals surface area contributed by atoms with E-state index in [0.29, 0.717) is 0 Å². The third-order valence-electron chi connectivity index (χ3n) is 2.93. The summed E-state index contributed by atoms with van der Waals surface area (Å²) >= 11 is 0. The lowest BCUT2D eigenvalue weighted by Gasteiger charge is -2.19. The van der Waals surface area contributed by atoms with Gasteiger partial charge in [-0.25, -0.2) is 8.42 Å². The van der Waals surface area contributed by atoms with E-state index in [1.165, 1.54) is 12.3 Å². The van der Waals surface area contributed by atoms with E-state index in [9.17, 15) is 18.3 Å². The van der Waals surface area contributed by atoms with E-state index in [1.54, 1.807) is 17.8 Å². The molecular weight excluding hydrogens is 260 g/mol. The van der Waals surface area contributed by atoms with Gasteiger partial charge in [-0.05, 0) is 6.07 Å². The monoisotopic (exact) mass is 274 g/mol. The Bertz CT molecular complexity index is 565. The lowest BCUT2D eigenvalue weighted by molar-refractivity contribution is -0.140. The number of aliphatic hydroxyl groups excluding tert-OH is 1. The number of sulfonamides is 1. The molecule has 0 bridgehead atoms. The second-order valence-corrected chi connectivity index (χ2v) is 6.22. The first-order valence-corrected chi connectivity index (χ1v) is 6.81. The molecule has 0 aromatic carbocycles. The third-order valence-corrected chi connectivity index (χ3v) is 4.79. The van der Waals surface area contributed by atoms with Crippen LogP contribution in [0.5, 0.6) is 0 Å². The number of β-amino-alcohol motifs (C(OH)–C–C–N with tert-alkyl or cyclic N) is 1. The molecule has 0 radical (unpaired) electrons. The summed E-state index contributed by atoms with van der Waals surface area (Å²) in [6.45, 7) is -0.186. The number of nitrogens with zero attached hydrogens (tertiary/aromatic N) is 2. The number of hydrogen-bond acceptors (Lipinski definition) is 4. The molecule has 8 heteroatoms. The van der Waals surface area contributed by atoms with Crippen LogP contribution in [0.15, 0.2) is 23.4 Å². The number of carbonyl (C=O) groups is 1. The second-order valence-electron chi connectivity index (χ2n) is 4.33. The van der Waals surface area contributed by atoms with Crippen molar-refractivity contribution in [2.24, 2.45) is 7.05 Å². The van der Waals surface area contributed by atoms with Crippen molar-refractivity contribution in [1.29, 1.82) is 0 Å². The van der Waals surface area contributed by atoms with Crippen molar-refractivity contribution in [3.05, 3.63) is 18.5 Å². The molecule has 1 fully saturated rings. The molecule has 7 nitrogen and oxygen atoms in total. The van der Waals surface area contributed by atoms with Gasteiger partial charge in [-0.15, -0.1) is 0 Å². The van der Waals surface area contributed by atoms with Crippen molar-refractivity contribution < 1.29 is 23.4 Å². The van der Waals surface area contributed by atoms with Crippen molar-refractivity contribution in [3.8, 4) is 0 Å². The van der Waals surface area contributed by atoms with E-state index < -0.39 is 28.1 Å². The van der Waals surface area contributed by atoms with E-state index >= 15 is 0 Å². The van der Waals surface area contributed by atoms with Crippen molar-refractivity contribution in [2.75, 3.05) is 6.54 Å². The van der Waals surface area contributed by atoms with Gasteiger partial charge in [-0.1, -0.05) is 0 Å². The topological polar surface area (TPSA) is 99.8 Å². The maximum Gasteiger partial charge on any atom is 0.322 e. The van der Waals surface area contributed by atoms with Crippen molar-refractivity contribution in [3.63, 3.8) is 0 Å². The van der Waals surface area contributed by atoms with Crippen LogP contribution in [0, 0.1) is 0 Å². The number of hydrogen-bond donors (Lipinski definition) is 2. The van der Waals surface area contributed by atoms with Gasteiger partial charge in [0.25, 0.3) is 0 Å². The Morgan fingerprint density at radius 3 is 2.67 bits per heavy atom. The van der Waals surface area contributed by atoms with Crippen molar-refractivity contribution in [1.82, 2.24) is 8.87 Å². The maximum atomic E-state index is 12.2. The van der Waals surface area contributed by atoms with Gasteiger partial charge in [0.05, 0.1) is 11.0 Å². The first kappa shape index (κ1) is 13.1. The Morgan fingerprint density at radius 2 is 2.17 bits per heavy atom. The average Bonchev–Trinajstić information content (AvgIpc) is 2.84. The van der Waals surface area contributed by atoms with Gasteiger partial charge in [0.15, 0.2) is 0 Å². The van der Waals surface area contributed by atoms with Crippen LogP contribution >= 0.6 is 0 Å². The lowest BCUT2D eigenvalue weighted by Crippen LogP contribution is -2.40. The molecule has 18 heavy (non-hydrogen) atoms. The summed E-state index contributed by atoms with van der Waals surface area (Å²) < 4.78 is 26.9. The normalized spacial score (nSPS) is 25.4. The van der Waals surface area contributed by atoms with E-state index in [1.807, 2.05) is 0 Å². The van der Waals surface area contributed by atoms with Crippen molar-refractivity contribution >= 4 is 16.0 Å². The molecule has 0 spiro atoms. The zero-order valence-electron chi connectivity index (χ0n) is 9.72. The Kier molecular flexibility index (Phi) is 3.18. The summed E-state index contributed by atoms with van der Waals surface area (Å²) in [7, 11) is -2.20. The summed E-state index contributed by atoms with van der Waals surface area (Å²) in [5, 5.41) is 18.5. The predicted octanol–water partition coefficient (Wildman–Crippen LogP) is -0.766. The number of rotatable bonds is 3. The van der Waals surface area contributed by atoms with Crippen LogP contribution < -0.4 is 0 Å². The smallest absolute Gasteiger partial charge is 0.322 e. The zero-order chi connectivity index (χ0) is 13.5. The fourth-order valence-electron chi connectivity index (χ4n) is 2.04. The molecule has 2 N–H and O–H groups in total. The minimum atomic E-state index is -3.87. The molecule has 0 aliphatic carbocycles. The van der Waals surface area contributed by atoms with Gasteiger partial charge in [0, 0.05) is 32.4 Å². The minimum absolute atomic E-state index is 0.0327. The SMILES string of the molecule is Cn1ccc(S(=O)(=O)N2CC(O)CC2C(=O)O)c1. The van der Waals surface area contributed by atoms with Crippen LogP contribution in [0.2, 0.25) is 0 Å². The van der Waals surface area contributed by atoms with E-state index in [0.717, 1.165) is 4.31 Å². The molecule has 1 saturated heterocycles. The minimum Gasteiger partial charge on any atom is -0.480 e. The molecule has 0 amide bonds. The first-order valence-electron chi connectivity index (χ1n) is 5.37. The quantitative estimate of drug-likeness (QED) is 0.754. The molecule has 100 valence electrons. The number of aromatic nitrogens is 1. The van der Waals surface area contributed by atoms with Gasteiger partial charge < -0.3 is 14.8 Å². The summed E-state index contributed by atoms with van der Waals surface area (Å²) in [6.07, 6.45) is 1.94. The Balaban J connectivity index is 2.38. The molecule has 0 saturated carbocycles. The van der Waals surface area contributed by atoms with Crippen LogP contribution in [0.1, 0.15) is 6.42 Å². The van der Waals surface area contributed by atoms with Gasteiger partial charge in [-0.2, -0.15) is 4.31 Å². The highest BCUT2D eigenvalue weighted by Crippen LogP contribution is 2.26. The van der Waals surface area contributed by atoms with E-state index in [-0.39, 0.29) is 17.9 Å². The largest absolute Gasteiger partial charge is 0.480 e. The van der Waals surface area contributed by atoms with Crippen molar-refractivity contribution in [2.45, 2.75) is 23.5 Å². The van der Waals surface area contributed by atoms with Crippen LogP contribution in [-0.2, 0) is 21.9 Å². The zero-order valence-corrected chi connectivity index (χ0v) is 10.5. The Labute approximate surface area is 104 Å². The highest BCUT2D eigenvalue weighted by molar-refractivity contribution is 7.89. The lowest BCUT2D eigenvalue weighted by atomic mass is 10.2. The van der Waals surface area contributed by atoms with E-state index in [2.05, 4.69) is 0 Å². The number of aryl methyl sites for hydroxylation is 1. The average molecular weight is 274 g/mol. The highest BCUT2D eigenvalue weighted by atomic mass is 32.2. The number of aliphatic hydroxyl groups is 1. The van der Waals surface area contributed by atoms with Gasteiger partial charge in [0.2, 0.25) is 10.0 Å². The summed E-state index contributed by atoms with van der Waals surface area (Å²) in [5.41, 5.74) is 0. The first-order chi connectivity index (χ1) is 8.32. The predicted molar refractivity (Wildman–Crippen MR) is 61.4 cm³/mol. The molecular formula is C10H14N2O5S. The Hall–Kier alpha value is -1.38. The molecule has 1 aromatic heterocycles.